The van der Waals surface area contributed by atoms with Gasteiger partial charge in [-0.2, -0.15) is 4.31 Å². The quantitative estimate of drug-likeness (QED) is 0.151. The van der Waals surface area contributed by atoms with E-state index < -0.39 is 74.6 Å². The lowest BCUT2D eigenvalue weighted by molar-refractivity contribution is -0.143. The first kappa shape index (κ1) is 39.9. The molecule has 0 saturated carbocycles. The Morgan fingerprint density at radius 1 is 0.979 bits per heavy atom. The molecule has 2 fully saturated rings. The SMILES string of the molecule is C=CCNC(=O)C(=O)C(CCCC)NC(=O)[C@@H]1C[C@@H](C=C)CN1C(=O)[C@@H](NC(=O)N[C@H](CN1CCCS1(=O)=O)C(C)(C)C)C(C)(C)C. The normalized spacial score (nSPS) is 21.6. The van der Waals surface area contributed by atoms with E-state index in [1.807, 2.05) is 27.7 Å². The second-order valence-corrected chi connectivity index (χ2v) is 16.8. The maximum absolute atomic E-state index is 14.2. The van der Waals surface area contributed by atoms with Crippen LogP contribution < -0.4 is 21.3 Å². The van der Waals surface area contributed by atoms with Crippen LogP contribution in [0.3, 0.4) is 0 Å². The maximum atomic E-state index is 14.2. The highest BCUT2D eigenvalue weighted by molar-refractivity contribution is 7.89. The average molecular weight is 681 g/mol. The Morgan fingerprint density at radius 3 is 2.15 bits per heavy atom. The number of urea groups is 1. The number of Topliss-reactive ketones (excluding diaryl/α,β-unsaturated/α-hetero) is 1. The summed E-state index contributed by atoms with van der Waals surface area (Å²) in [5, 5.41) is 10.9. The molecule has 0 aromatic rings. The summed E-state index contributed by atoms with van der Waals surface area (Å²) >= 11 is 0. The number of nitrogens with zero attached hydrogens (tertiary/aromatic N) is 2. The Kier molecular flexibility index (Phi) is 14.2. The van der Waals surface area contributed by atoms with Gasteiger partial charge in [-0.25, -0.2) is 13.2 Å². The lowest BCUT2D eigenvalue weighted by Crippen LogP contribution is -2.61. The number of hydrogen-bond donors (Lipinski definition) is 4. The Balaban J connectivity index is 2.29. The molecule has 5 atom stereocenters. The fourth-order valence-electron chi connectivity index (χ4n) is 5.67. The number of rotatable bonds is 15. The third-order valence-corrected chi connectivity index (χ3v) is 10.6. The number of carbonyl (C=O) groups excluding carboxylic acids is 5. The number of hydrogen-bond acceptors (Lipinski definition) is 7. The molecule has 266 valence electrons. The topological polar surface area (TPSA) is 174 Å². The fourth-order valence-corrected chi connectivity index (χ4v) is 7.20. The summed E-state index contributed by atoms with van der Waals surface area (Å²) in [5.41, 5.74) is -1.28. The predicted octanol–water partition coefficient (Wildman–Crippen LogP) is 2.10. The summed E-state index contributed by atoms with van der Waals surface area (Å²) in [7, 11) is -3.39. The van der Waals surface area contributed by atoms with Crippen molar-refractivity contribution in [1.29, 1.82) is 0 Å². The van der Waals surface area contributed by atoms with Gasteiger partial charge in [-0.1, -0.05) is 73.5 Å². The zero-order chi connectivity index (χ0) is 35.7. The molecule has 0 radical (unpaired) electrons. The van der Waals surface area contributed by atoms with Gasteiger partial charge in [0.05, 0.1) is 11.8 Å². The molecule has 1 unspecified atom stereocenters. The van der Waals surface area contributed by atoms with Gasteiger partial charge in [0.15, 0.2) is 0 Å². The molecule has 0 aromatic heterocycles. The molecule has 2 aliphatic rings. The second-order valence-electron chi connectivity index (χ2n) is 14.7. The number of ketones is 1. The minimum absolute atomic E-state index is 0.0724. The number of likely N-dealkylation sites (tertiary alicyclic amines) is 1. The number of amides is 5. The van der Waals surface area contributed by atoms with Crippen molar-refractivity contribution < 1.29 is 32.4 Å². The van der Waals surface area contributed by atoms with E-state index in [9.17, 15) is 32.4 Å². The zero-order valence-corrected chi connectivity index (χ0v) is 30.0. The van der Waals surface area contributed by atoms with E-state index in [0.29, 0.717) is 19.4 Å². The third-order valence-electron chi connectivity index (χ3n) is 8.69. The van der Waals surface area contributed by atoms with Crippen molar-refractivity contribution >= 4 is 39.6 Å². The lowest BCUT2D eigenvalue weighted by atomic mass is 9.85. The van der Waals surface area contributed by atoms with Crippen LogP contribution in [0, 0.1) is 16.7 Å². The standard InChI is InChI=1S/C33H56N6O7S/c1-10-13-15-23(26(40)29(42)34-16-11-2)35-28(41)24-19-22(12-3)20-39(24)30(43)27(33(7,8)9)37-31(44)36-25(32(4,5)6)21-38-17-14-18-47(38,45)46/h11-12,22-25,27H,2-3,10,13-21H2,1,4-9H3,(H,34,42)(H,35,41)(H2,36,37,44)/t22-,23?,24+,25-,27-/m1/s1. The first-order valence-corrected chi connectivity index (χ1v) is 18.1. The molecule has 5 amide bonds. The van der Waals surface area contributed by atoms with E-state index in [1.54, 1.807) is 26.8 Å². The van der Waals surface area contributed by atoms with Crippen LogP contribution in [0.5, 0.6) is 0 Å². The fraction of sp³-hybridized carbons (Fsp3) is 0.727. The van der Waals surface area contributed by atoms with E-state index in [4.69, 9.17) is 0 Å². The number of nitrogens with one attached hydrogen (secondary N) is 4. The van der Waals surface area contributed by atoms with Gasteiger partial charge in [0.2, 0.25) is 27.6 Å². The van der Waals surface area contributed by atoms with Crippen LogP contribution >= 0.6 is 0 Å². The number of sulfonamides is 1. The minimum Gasteiger partial charge on any atom is -0.346 e. The molecule has 2 heterocycles. The van der Waals surface area contributed by atoms with Crippen molar-refractivity contribution in [1.82, 2.24) is 30.5 Å². The van der Waals surface area contributed by atoms with E-state index in [-0.39, 0.29) is 44.1 Å². The molecule has 0 aliphatic carbocycles. The first-order valence-electron chi connectivity index (χ1n) is 16.5. The van der Waals surface area contributed by atoms with Crippen LogP contribution in [0.25, 0.3) is 0 Å². The van der Waals surface area contributed by atoms with Gasteiger partial charge in [-0.3, -0.25) is 19.2 Å². The largest absolute Gasteiger partial charge is 0.346 e. The van der Waals surface area contributed by atoms with Crippen LogP contribution in [0.2, 0.25) is 0 Å². The molecular weight excluding hydrogens is 624 g/mol. The van der Waals surface area contributed by atoms with Crippen molar-refractivity contribution in [3.8, 4) is 0 Å². The summed E-state index contributed by atoms with van der Waals surface area (Å²) in [6.45, 7) is 21.2. The highest BCUT2D eigenvalue weighted by atomic mass is 32.2. The summed E-state index contributed by atoms with van der Waals surface area (Å²) in [6, 6.07) is -4.27. The minimum atomic E-state index is -3.39. The maximum Gasteiger partial charge on any atom is 0.315 e. The van der Waals surface area contributed by atoms with Gasteiger partial charge in [0.1, 0.15) is 12.1 Å². The monoisotopic (exact) mass is 680 g/mol. The molecule has 2 saturated heterocycles. The van der Waals surface area contributed by atoms with E-state index in [2.05, 4.69) is 34.4 Å². The van der Waals surface area contributed by atoms with Crippen molar-refractivity contribution in [2.24, 2.45) is 16.7 Å². The molecule has 0 spiro atoms. The highest BCUT2D eigenvalue weighted by Gasteiger charge is 2.45. The predicted molar refractivity (Wildman–Crippen MR) is 182 cm³/mol. The lowest BCUT2D eigenvalue weighted by Gasteiger charge is -2.37. The van der Waals surface area contributed by atoms with Gasteiger partial charge in [-0.05, 0) is 36.0 Å². The molecule has 13 nitrogen and oxygen atoms in total. The van der Waals surface area contributed by atoms with Gasteiger partial charge in [0, 0.05) is 32.2 Å². The van der Waals surface area contributed by atoms with Crippen LogP contribution in [0.15, 0.2) is 25.3 Å². The van der Waals surface area contributed by atoms with Gasteiger partial charge in [-0.15, -0.1) is 13.2 Å². The molecule has 2 aliphatic heterocycles. The molecule has 47 heavy (non-hydrogen) atoms. The van der Waals surface area contributed by atoms with Crippen molar-refractivity contribution in [3.05, 3.63) is 25.3 Å². The smallest absolute Gasteiger partial charge is 0.315 e. The molecule has 2 rings (SSSR count). The molecule has 0 bridgehead atoms. The van der Waals surface area contributed by atoms with Crippen molar-refractivity contribution in [3.63, 3.8) is 0 Å². The third kappa shape index (κ3) is 11.2. The summed E-state index contributed by atoms with van der Waals surface area (Å²) in [5.74, 6) is -2.78. The highest BCUT2D eigenvalue weighted by Crippen LogP contribution is 2.30. The Morgan fingerprint density at radius 2 is 1.64 bits per heavy atom. The number of carbonyl (C=O) groups is 5. The Labute approximate surface area is 280 Å². The summed E-state index contributed by atoms with van der Waals surface area (Å²) < 4.78 is 26.4. The van der Waals surface area contributed by atoms with Crippen LogP contribution in [0.4, 0.5) is 4.79 Å². The zero-order valence-electron chi connectivity index (χ0n) is 29.2. The molecule has 4 N–H and O–H groups in total. The van der Waals surface area contributed by atoms with Crippen molar-refractivity contribution in [2.75, 3.05) is 31.9 Å². The first-order chi connectivity index (χ1) is 21.8. The van der Waals surface area contributed by atoms with Crippen molar-refractivity contribution in [2.45, 2.75) is 105 Å². The number of unbranched alkanes of at least 4 members (excludes halogenated alkanes) is 1. The van der Waals surface area contributed by atoms with Crippen LogP contribution in [0.1, 0.15) is 80.6 Å². The van der Waals surface area contributed by atoms with E-state index in [0.717, 1.165) is 6.42 Å². The van der Waals surface area contributed by atoms with Crippen LogP contribution in [-0.2, 0) is 29.2 Å². The van der Waals surface area contributed by atoms with E-state index in [1.165, 1.54) is 15.3 Å². The molecule has 14 heteroatoms. The Hall–Kier alpha value is -3.26. The molecular formula is C33H56N6O7S. The summed E-state index contributed by atoms with van der Waals surface area (Å²) in [6.07, 6.45) is 5.50. The second kappa shape index (κ2) is 16.7. The Bertz CT molecular complexity index is 1290. The van der Waals surface area contributed by atoms with Gasteiger partial charge >= 0.3 is 6.03 Å². The van der Waals surface area contributed by atoms with E-state index >= 15 is 0 Å². The van der Waals surface area contributed by atoms with Crippen LogP contribution in [-0.4, -0.2) is 103 Å². The van der Waals surface area contributed by atoms with Gasteiger partial charge < -0.3 is 26.2 Å². The molecule has 0 aromatic carbocycles. The van der Waals surface area contributed by atoms with Gasteiger partial charge in [0.25, 0.3) is 5.91 Å². The average Bonchev–Trinajstić information content (AvgIpc) is 3.57. The summed E-state index contributed by atoms with van der Waals surface area (Å²) in [4.78, 5) is 68.2.